The molecule has 22 heavy (non-hydrogen) atoms. The summed E-state index contributed by atoms with van der Waals surface area (Å²) >= 11 is 0. The van der Waals surface area contributed by atoms with Crippen LogP contribution in [-0.4, -0.2) is 17.9 Å². The lowest BCUT2D eigenvalue weighted by molar-refractivity contribution is -0.119. The Morgan fingerprint density at radius 1 is 1.27 bits per heavy atom. The first-order chi connectivity index (χ1) is 10.7. The van der Waals surface area contributed by atoms with E-state index in [1.807, 2.05) is 55.5 Å². The molecule has 0 amide bonds. The van der Waals surface area contributed by atoms with Crippen LogP contribution in [0.2, 0.25) is 0 Å². The molecular weight excluding hydrogens is 275 g/mol. The summed E-state index contributed by atoms with van der Waals surface area (Å²) in [6, 6.07) is 15.7. The summed E-state index contributed by atoms with van der Waals surface area (Å²) in [5.41, 5.74) is 3.79. The molecule has 3 rings (SSSR count). The van der Waals surface area contributed by atoms with Gasteiger partial charge in [-0.05, 0) is 28.6 Å². The smallest absolute Gasteiger partial charge is 0.423 e. The Morgan fingerprint density at radius 3 is 2.77 bits per heavy atom. The second-order valence-electron chi connectivity index (χ2n) is 5.71. The van der Waals surface area contributed by atoms with Gasteiger partial charge in [-0.25, -0.2) is 0 Å². The number of benzene rings is 2. The fraction of sp³-hybridized carbons (Fsp3) is 0.278. The highest BCUT2D eigenvalue weighted by Gasteiger charge is 2.27. The average Bonchev–Trinajstić information content (AvgIpc) is 2.90. The molecule has 0 radical (unpaired) electrons. The molecule has 0 fully saturated rings. The lowest BCUT2D eigenvalue weighted by atomic mass is 9.78. The van der Waals surface area contributed by atoms with Crippen molar-refractivity contribution in [2.45, 2.75) is 32.3 Å². The monoisotopic (exact) mass is 294 g/mol. The third-order valence-electron chi connectivity index (χ3n) is 4.25. The zero-order valence-electron chi connectivity index (χ0n) is 12.7. The van der Waals surface area contributed by atoms with E-state index < -0.39 is 7.12 Å². The summed E-state index contributed by atoms with van der Waals surface area (Å²) in [7, 11) is -0.860. The quantitative estimate of drug-likeness (QED) is 0.860. The summed E-state index contributed by atoms with van der Waals surface area (Å²) < 4.78 is 5.19. The third kappa shape index (κ3) is 2.98. The first kappa shape index (κ1) is 15.0. The van der Waals surface area contributed by atoms with Gasteiger partial charge in [0.05, 0.1) is 6.61 Å². The molecule has 0 saturated heterocycles. The van der Waals surface area contributed by atoms with E-state index in [1.165, 1.54) is 0 Å². The Hall–Kier alpha value is -1.91. The van der Waals surface area contributed by atoms with Gasteiger partial charge in [-0.3, -0.25) is 4.79 Å². The van der Waals surface area contributed by atoms with Crippen molar-refractivity contribution in [3.63, 3.8) is 0 Å². The lowest BCUT2D eigenvalue weighted by Crippen LogP contribution is -2.28. The normalized spacial score (nSPS) is 14.7. The second kappa shape index (κ2) is 6.47. The predicted octanol–water partition coefficient (Wildman–Crippen LogP) is 2.21. The fourth-order valence-corrected chi connectivity index (χ4v) is 3.03. The molecule has 2 aromatic rings. The molecule has 1 unspecified atom stereocenters. The molecule has 0 spiro atoms. The van der Waals surface area contributed by atoms with Gasteiger partial charge in [-0.2, -0.15) is 0 Å². The van der Waals surface area contributed by atoms with Crippen molar-refractivity contribution in [1.82, 2.24) is 0 Å². The minimum atomic E-state index is -0.860. The van der Waals surface area contributed by atoms with Crippen LogP contribution in [0.4, 0.5) is 0 Å². The van der Waals surface area contributed by atoms with Crippen LogP contribution in [0.25, 0.3) is 0 Å². The number of hydrogen-bond acceptors (Lipinski definition) is 3. The number of carbonyl (C=O) groups is 1. The van der Waals surface area contributed by atoms with E-state index in [2.05, 4.69) is 0 Å². The van der Waals surface area contributed by atoms with Gasteiger partial charge in [-0.15, -0.1) is 0 Å². The summed E-state index contributed by atoms with van der Waals surface area (Å²) in [5.74, 6) is 0.137. The highest BCUT2D eigenvalue weighted by atomic mass is 16.5. The van der Waals surface area contributed by atoms with Crippen molar-refractivity contribution in [3.05, 3.63) is 65.2 Å². The first-order valence-electron chi connectivity index (χ1n) is 7.68. The van der Waals surface area contributed by atoms with Crippen LogP contribution in [0.3, 0.4) is 0 Å². The Bertz CT molecular complexity index is 669. The van der Waals surface area contributed by atoms with Crippen LogP contribution in [0.5, 0.6) is 0 Å². The van der Waals surface area contributed by atoms with Gasteiger partial charge in [0, 0.05) is 12.3 Å². The largest absolute Gasteiger partial charge is 0.491 e. The maximum atomic E-state index is 12.6. The maximum absolute atomic E-state index is 12.6. The van der Waals surface area contributed by atoms with Crippen molar-refractivity contribution in [2.24, 2.45) is 0 Å². The Morgan fingerprint density at radius 2 is 2.05 bits per heavy atom. The van der Waals surface area contributed by atoms with Gasteiger partial charge < -0.3 is 9.68 Å². The van der Waals surface area contributed by atoms with Gasteiger partial charge in [0.15, 0.2) is 0 Å². The maximum Gasteiger partial charge on any atom is 0.491 e. The number of Topliss-reactive ketones (excluding diaryl/α,β-unsaturated/α-hetero) is 1. The van der Waals surface area contributed by atoms with Gasteiger partial charge in [0.2, 0.25) is 0 Å². The number of carbonyl (C=O) groups excluding carboxylic acids is 1. The topological polar surface area (TPSA) is 46.5 Å². The fourth-order valence-electron chi connectivity index (χ4n) is 3.03. The number of fused-ring (bicyclic) bond motifs is 1. The summed E-state index contributed by atoms with van der Waals surface area (Å²) in [6.07, 6.45) is 1.17. The molecule has 0 aliphatic carbocycles. The molecule has 0 bridgehead atoms. The predicted molar refractivity (Wildman–Crippen MR) is 87.0 cm³/mol. The third-order valence-corrected chi connectivity index (χ3v) is 4.25. The molecule has 1 aliphatic heterocycles. The van der Waals surface area contributed by atoms with Gasteiger partial charge >= 0.3 is 7.12 Å². The van der Waals surface area contributed by atoms with Crippen LogP contribution in [0.15, 0.2) is 48.5 Å². The molecule has 0 saturated carbocycles. The summed E-state index contributed by atoms with van der Waals surface area (Å²) in [5, 5.41) is 9.77. The zero-order valence-corrected chi connectivity index (χ0v) is 12.7. The van der Waals surface area contributed by atoms with E-state index >= 15 is 0 Å². The van der Waals surface area contributed by atoms with Gasteiger partial charge in [-0.1, -0.05) is 55.5 Å². The van der Waals surface area contributed by atoms with Crippen molar-refractivity contribution in [2.75, 3.05) is 0 Å². The van der Waals surface area contributed by atoms with E-state index in [9.17, 15) is 9.82 Å². The van der Waals surface area contributed by atoms with Crippen LogP contribution in [-0.2, 0) is 22.5 Å². The molecule has 112 valence electrons. The van der Waals surface area contributed by atoms with Crippen molar-refractivity contribution in [3.8, 4) is 0 Å². The van der Waals surface area contributed by atoms with Crippen molar-refractivity contribution in [1.29, 1.82) is 0 Å². The van der Waals surface area contributed by atoms with E-state index in [1.54, 1.807) is 0 Å². The number of hydrogen-bond donors (Lipinski definition) is 1. The molecular formula is C18H19BO3. The minimum Gasteiger partial charge on any atom is -0.423 e. The van der Waals surface area contributed by atoms with Crippen LogP contribution in [0, 0.1) is 0 Å². The van der Waals surface area contributed by atoms with E-state index in [0.29, 0.717) is 13.0 Å². The van der Waals surface area contributed by atoms with Crippen molar-refractivity contribution < 1.29 is 14.5 Å². The molecule has 3 nitrogen and oxygen atoms in total. The number of ketones is 1. The lowest BCUT2D eigenvalue weighted by Gasteiger charge is -2.14. The van der Waals surface area contributed by atoms with Crippen LogP contribution >= 0.6 is 0 Å². The standard InChI is InChI=1S/C18H19BO3/c1-2-16(14-6-4-3-5-7-14)18(20)11-13-8-9-15-12-22-19(21)17(15)10-13/h3-10,16,21H,2,11-12H2,1H3. The number of rotatable bonds is 5. The first-order valence-corrected chi connectivity index (χ1v) is 7.68. The summed E-state index contributed by atoms with van der Waals surface area (Å²) in [6.45, 7) is 2.47. The molecule has 1 N–H and O–H groups in total. The molecule has 2 aromatic carbocycles. The molecule has 0 aromatic heterocycles. The average molecular weight is 294 g/mol. The SMILES string of the molecule is CCC(C(=O)Cc1ccc2c(c1)B(O)OC2)c1ccccc1. The second-order valence-corrected chi connectivity index (χ2v) is 5.71. The van der Waals surface area contributed by atoms with Crippen LogP contribution in [0.1, 0.15) is 36.0 Å². The van der Waals surface area contributed by atoms with Gasteiger partial charge in [0.1, 0.15) is 5.78 Å². The van der Waals surface area contributed by atoms with Gasteiger partial charge in [0.25, 0.3) is 0 Å². The molecule has 1 heterocycles. The zero-order chi connectivity index (χ0) is 15.5. The highest BCUT2D eigenvalue weighted by Crippen LogP contribution is 2.22. The molecule has 1 atom stereocenters. The Kier molecular flexibility index (Phi) is 4.41. The van der Waals surface area contributed by atoms with E-state index in [4.69, 9.17) is 4.65 Å². The summed E-state index contributed by atoms with van der Waals surface area (Å²) in [4.78, 5) is 12.6. The minimum absolute atomic E-state index is 0.0735. The van der Waals surface area contributed by atoms with Crippen molar-refractivity contribution >= 4 is 18.4 Å². The highest BCUT2D eigenvalue weighted by molar-refractivity contribution is 6.61. The van der Waals surface area contributed by atoms with Crippen LogP contribution < -0.4 is 5.46 Å². The molecule has 4 heteroatoms. The Labute approximate surface area is 131 Å². The Balaban J connectivity index is 1.78. The molecule has 1 aliphatic rings. The van der Waals surface area contributed by atoms with E-state index in [-0.39, 0.29) is 11.7 Å². The van der Waals surface area contributed by atoms with E-state index in [0.717, 1.165) is 28.6 Å².